The van der Waals surface area contributed by atoms with Crippen molar-refractivity contribution in [1.29, 1.82) is 0 Å². The van der Waals surface area contributed by atoms with Gasteiger partial charge in [-0.15, -0.1) is 0 Å². The molecule has 140 valence electrons. The van der Waals surface area contributed by atoms with Crippen molar-refractivity contribution in [1.82, 2.24) is 0 Å². The summed E-state index contributed by atoms with van der Waals surface area (Å²) in [6, 6.07) is 5.24. The number of ether oxygens (including phenoxy) is 3. The van der Waals surface area contributed by atoms with E-state index in [1.807, 2.05) is 6.92 Å². The second-order valence-electron chi connectivity index (χ2n) is 6.88. The molecule has 0 spiro atoms. The molecule has 1 aromatic rings. The van der Waals surface area contributed by atoms with Crippen molar-refractivity contribution in [3.8, 4) is 5.75 Å². The number of methoxy groups -OCH3 is 2. The Balaban J connectivity index is 2.06. The molecule has 0 heterocycles. The zero-order chi connectivity index (χ0) is 18.4. The van der Waals surface area contributed by atoms with E-state index in [-0.39, 0.29) is 12.0 Å². The third-order valence-corrected chi connectivity index (χ3v) is 4.97. The van der Waals surface area contributed by atoms with E-state index in [4.69, 9.17) is 25.8 Å². The van der Waals surface area contributed by atoms with Gasteiger partial charge >= 0.3 is 0 Å². The summed E-state index contributed by atoms with van der Waals surface area (Å²) in [5.41, 5.74) is -0.122. The zero-order valence-corrected chi connectivity index (χ0v) is 16.2. The van der Waals surface area contributed by atoms with Crippen molar-refractivity contribution in [3.05, 3.63) is 23.2 Å². The fraction of sp³-hybridized carbons (Fsp3) is 0.632. The lowest BCUT2D eigenvalue weighted by Gasteiger charge is -2.37. The summed E-state index contributed by atoms with van der Waals surface area (Å²) in [6.07, 6.45) is 3.49. The highest BCUT2D eigenvalue weighted by molar-refractivity contribution is 6.32. The molecular weight excluding hydrogens is 342 g/mol. The average Bonchev–Trinajstić information content (AvgIpc) is 2.57. The number of rotatable bonds is 7. The topological polar surface area (TPSA) is 56.8 Å². The first kappa shape index (κ1) is 20.0. The van der Waals surface area contributed by atoms with Gasteiger partial charge in [-0.05, 0) is 50.3 Å². The molecule has 0 radical (unpaired) electrons. The standard InChI is InChI=1S/C19H28ClNO4/c1-13-6-5-9-19(11-13,24-4)18(22)21-15-7-8-17(16(20)10-15)25-14(2)12-23-3/h7-8,10,13-14H,5-6,9,11-12H2,1-4H3,(H,21,22)/t13-,14-,19-/m0/s1. The predicted octanol–water partition coefficient (Wildman–Crippen LogP) is 4.29. The van der Waals surface area contributed by atoms with Crippen molar-refractivity contribution in [2.75, 3.05) is 26.1 Å². The Hall–Kier alpha value is -1.30. The van der Waals surface area contributed by atoms with Crippen molar-refractivity contribution in [2.24, 2.45) is 5.92 Å². The SMILES string of the molecule is COC[C@H](C)Oc1ccc(NC(=O)[C@]2(OC)CCC[C@H](C)C2)cc1Cl. The number of amides is 1. The first-order chi connectivity index (χ1) is 11.9. The van der Waals surface area contributed by atoms with Crippen LogP contribution >= 0.6 is 11.6 Å². The van der Waals surface area contributed by atoms with Gasteiger partial charge < -0.3 is 19.5 Å². The van der Waals surface area contributed by atoms with Crippen molar-refractivity contribution >= 4 is 23.2 Å². The van der Waals surface area contributed by atoms with E-state index in [9.17, 15) is 4.79 Å². The van der Waals surface area contributed by atoms with Gasteiger partial charge in [0.25, 0.3) is 5.91 Å². The van der Waals surface area contributed by atoms with Crippen molar-refractivity contribution in [3.63, 3.8) is 0 Å². The van der Waals surface area contributed by atoms with E-state index in [1.165, 1.54) is 0 Å². The molecule has 25 heavy (non-hydrogen) atoms. The van der Waals surface area contributed by atoms with E-state index in [1.54, 1.807) is 32.4 Å². The highest BCUT2D eigenvalue weighted by Gasteiger charge is 2.42. The van der Waals surface area contributed by atoms with Crippen LogP contribution in [0.15, 0.2) is 18.2 Å². The molecule has 0 aromatic heterocycles. The summed E-state index contributed by atoms with van der Waals surface area (Å²) in [6.45, 7) is 4.54. The first-order valence-electron chi connectivity index (χ1n) is 8.72. The van der Waals surface area contributed by atoms with Crippen LogP contribution < -0.4 is 10.1 Å². The smallest absolute Gasteiger partial charge is 0.256 e. The zero-order valence-electron chi connectivity index (χ0n) is 15.4. The monoisotopic (exact) mass is 369 g/mol. The van der Waals surface area contributed by atoms with Crippen LogP contribution in [-0.2, 0) is 14.3 Å². The third-order valence-electron chi connectivity index (χ3n) is 4.68. The molecule has 0 saturated heterocycles. The summed E-state index contributed by atoms with van der Waals surface area (Å²) in [5, 5.41) is 3.39. The molecule has 1 aromatic carbocycles. The molecule has 0 aliphatic heterocycles. The molecule has 1 aliphatic rings. The van der Waals surface area contributed by atoms with Crippen LogP contribution in [0.3, 0.4) is 0 Å². The summed E-state index contributed by atoms with van der Waals surface area (Å²) in [7, 11) is 3.23. The number of halogens is 1. The van der Waals surface area contributed by atoms with Gasteiger partial charge in [0.2, 0.25) is 0 Å². The molecule has 5 nitrogen and oxygen atoms in total. The molecule has 1 N–H and O–H groups in total. The first-order valence-corrected chi connectivity index (χ1v) is 9.09. The summed E-state index contributed by atoms with van der Waals surface area (Å²) in [4.78, 5) is 12.8. The molecule has 1 fully saturated rings. The third kappa shape index (κ3) is 5.09. The minimum atomic E-state index is -0.758. The number of carbonyl (C=O) groups excluding carboxylic acids is 1. The normalized spacial score (nSPS) is 24.6. The van der Waals surface area contributed by atoms with E-state index < -0.39 is 5.60 Å². The Bertz CT molecular complexity index is 595. The second kappa shape index (κ2) is 8.88. The van der Waals surface area contributed by atoms with Gasteiger partial charge in [0.15, 0.2) is 0 Å². The maximum atomic E-state index is 12.8. The Kier molecular flexibility index (Phi) is 7.11. The second-order valence-corrected chi connectivity index (χ2v) is 7.29. The lowest BCUT2D eigenvalue weighted by atomic mass is 9.78. The summed E-state index contributed by atoms with van der Waals surface area (Å²) < 4.78 is 16.4. The summed E-state index contributed by atoms with van der Waals surface area (Å²) in [5.74, 6) is 0.928. The van der Waals surface area contributed by atoms with E-state index in [0.717, 1.165) is 25.7 Å². The maximum Gasteiger partial charge on any atom is 0.256 e. The summed E-state index contributed by atoms with van der Waals surface area (Å²) >= 11 is 6.29. The van der Waals surface area contributed by atoms with Gasteiger partial charge in [-0.25, -0.2) is 0 Å². The van der Waals surface area contributed by atoms with E-state index in [2.05, 4.69) is 12.2 Å². The largest absolute Gasteiger partial charge is 0.487 e. The Morgan fingerprint density at radius 2 is 2.20 bits per heavy atom. The minimum Gasteiger partial charge on any atom is -0.487 e. The molecule has 0 bridgehead atoms. The number of hydrogen-bond donors (Lipinski definition) is 1. The fourth-order valence-electron chi connectivity index (χ4n) is 3.39. The van der Waals surface area contributed by atoms with Crippen molar-refractivity contribution in [2.45, 2.75) is 51.2 Å². The lowest BCUT2D eigenvalue weighted by molar-refractivity contribution is -0.143. The number of nitrogens with one attached hydrogen (secondary N) is 1. The van der Waals surface area contributed by atoms with Crippen LogP contribution in [0.5, 0.6) is 5.75 Å². The van der Waals surface area contributed by atoms with Gasteiger partial charge in [-0.3, -0.25) is 4.79 Å². The fourth-order valence-corrected chi connectivity index (χ4v) is 3.62. The van der Waals surface area contributed by atoms with Gasteiger partial charge in [0.1, 0.15) is 17.5 Å². The molecular formula is C19H28ClNO4. The maximum absolute atomic E-state index is 12.8. The number of anilines is 1. The molecule has 6 heteroatoms. The van der Waals surface area contributed by atoms with Gasteiger partial charge in [0.05, 0.1) is 11.6 Å². The Labute approximate surface area is 155 Å². The molecule has 1 aliphatic carbocycles. The highest BCUT2D eigenvalue weighted by Crippen LogP contribution is 2.36. The Morgan fingerprint density at radius 3 is 2.80 bits per heavy atom. The molecule has 3 atom stereocenters. The van der Waals surface area contributed by atoms with Gasteiger partial charge in [0, 0.05) is 19.9 Å². The molecule has 1 amide bonds. The highest BCUT2D eigenvalue weighted by atomic mass is 35.5. The number of benzene rings is 1. The van der Waals surface area contributed by atoms with Crippen LogP contribution in [0, 0.1) is 5.92 Å². The van der Waals surface area contributed by atoms with Crippen LogP contribution in [0.2, 0.25) is 5.02 Å². The molecule has 2 rings (SSSR count). The van der Waals surface area contributed by atoms with Crippen LogP contribution in [0.4, 0.5) is 5.69 Å². The van der Waals surface area contributed by atoms with Crippen LogP contribution in [0.25, 0.3) is 0 Å². The van der Waals surface area contributed by atoms with E-state index >= 15 is 0 Å². The average molecular weight is 370 g/mol. The van der Waals surface area contributed by atoms with Gasteiger partial charge in [-0.2, -0.15) is 0 Å². The van der Waals surface area contributed by atoms with Crippen LogP contribution in [0.1, 0.15) is 39.5 Å². The lowest BCUT2D eigenvalue weighted by Crippen LogP contribution is -2.47. The molecule has 0 unspecified atom stereocenters. The van der Waals surface area contributed by atoms with Gasteiger partial charge in [-0.1, -0.05) is 24.9 Å². The minimum absolute atomic E-state index is 0.108. The predicted molar refractivity (Wildman–Crippen MR) is 99.4 cm³/mol. The number of hydrogen-bond acceptors (Lipinski definition) is 4. The Morgan fingerprint density at radius 1 is 1.44 bits per heavy atom. The van der Waals surface area contributed by atoms with Crippen molar-refractivity contribution < 1.29 is 19.0 Å². The number of carbonyl (C=O) groups is 1. The molecule has 1 saturated carbocycles. The van der Waals surface area contributed by atoms with E-state index in [0.29, 0.717) is 29.0 Å². The van der Waals surface area contributed by atoms with Crippen LogP contribution in [-0.4, -0.2) is 38.4 Å². The quantitative estimate of drug-likeness (QED) is 0.779.